The van der Waals surface area contributed by atoms with Gasteiger partial charge in [-0.25, -0.2) is 9.07 Å². The van der Waals surface area contributed by atoms with Crippen molar-refractivity contribution in [2.75, 3.05) is 30.0 Å². The van der Waals surface area contributed by atoms with E-state index in [0.29, 0.717) is 53.3 Å². The van der Waals surface area contributed by atoms with Crippen molar-refractivity contribution in [3.63, 3.8) is 0 Å². The van der Waals surface area contributed by atoms with Crippen LogP contribution in [0.2, 0.25) is 0 Å². The standard InChI is InChI=1S/C26H26FN5O4/c1-15-13-16(27)6-8-19(15)32-24-18(23(29-32)25(28)34)10-12-31(26(24)35)20-9-7-17(14-21(20)36-2)30-11-4-3-5-22(30)33/h6-9,13-14H,3-5,10-12H2,1-2H3,(H2,28,34). The number of rotatable bonds is 5. The normalized spacial score (nSPS) is 15.8. The predicted molar refractivity (Wildman–Crippen MR) is 131 cm³/mol. The van der Waals surface area contributed by atoms with E-state index in [2.05, 4.69) is 5.10 Å². The first kappa shape index (κ1) is 23.5. The number of nitrogens with zero attached hydrogens (tertiary/aromatic N) is 4. The van der Waals surface area contributed by atoms with Crippen molar-refractivity contribution in [1.82, 2.24) is 9.78 Å². The summed E-state index contributed by atoms with van der Waals surface area (Å²) in [5.74, 6) is -1.04. The van der Waals surface area contributed by atoms with E-state index in [1.807, 2.05) is 0 Å². The molecule has 0 spiro atoms. The number of anilines is 2. The minimum Gasteiger partial charge on any atom is -0.494 e. The number of hydrogen-bond donors (Lipinski definition) is 1. The highest BCUT2D eigenvalue weighted by Crippen LogP contribution is 2.37. The van der Waals surface area contributed by atoms with Crippen LogP contribution in [0.25, 0.3) is 5.69 Å². The number of ether oxygens (including phenoxy) is 1. The summed E-state index contributed by atoms with van der Waals surface area (Å²) in [5.41, 5.74) is 8.53. The quantitative estimate of drug-likeness (QED) is 0.590. The van der Waals surface area contributed by atoms with Crippen LogP contribution in [-0.4, -0.2) is 47.7 Å². The number of benzene rings is 2. The van der Waals surface area contributed by atoms with Crippen LogP contribution in [0, 0.1) is 12.7 Å². The molecule has 1 aromatic heterocycles. The van der Waals surface area contributed by atoms with Gasteiger partial charge in [0.05, 0.1) is 18.5 Å². The lowest BCUT2D eigenvalue weighted by Gasteiger charge is -2.31. The monoisotopic (exact) mass is 491 g/mol. The number of nitrogens with two attached hydrogens (primary N) is 1. The minimum atomic E-state index is -0.737. The van der Waals surface area contributed by atoms with Crippen molar-refractivity contribution in [2.24, 2.45) is 5.73 Å². The molecule has 10 heteroatoms. The molecule has 2 N–H and O–H groups in total. The van der Waals surface area contributed by atoms with Crippen LogP contribution < -0.4 is 20.3 Å². The van der Waals surface area contributed by atoms with Gasteiger partial charge in [-0.1, -0.05) is 0 Å². The van der Waals surface area contributed by atoms with Gasteiger partial charge in [-0.2, -0.15) is 5.10 Å². The number of aromatic nitrogens is 2. The Balaban J connectivity index is 1.58. The molecule has 2 aliphatic rings. The Hall–Kier alpha value is -4.21. The van der Waals surface area contributed by atoms with Crippen LogP contribution in [0.3, 0.4) is 0 Å². The Morgan fingerprint density at radius 1 is 1.03 bits per heavy atom. The zero-order valence-corrected chi connectivity index (χ0v) is 20.1. The number of piperidine rings is 1. The Morgan fingerprint density at radius 2 is 1.81 bits per heavy atom. The van der Waals surface area contributed by atoms with Gasteiger partial charge in [-0.3, -0.25) is 14.4 Å². The van der Waals surface area contributed by atoms with E-state index in [-0.39, 0.29) is 29.7 Å². The van der Waals surface area contributed by atoms with Gasteiger partial charge in [0.1, 0.15) is 17.3 Å². The lowest BCUT2D eigenvalue weighted by molar-refractivity contribution is -0.119. The lowest BCUT2D eigenvalue weighted by Crippen LogP contribution is -2.39. The van der Waals surface area contributed by atoms with Crippen LogP contribution in [-0.2, 0) is 11.2 Å². The Morgan fingerprint density at radius 3 is 2.50 bits per heavy atom. The molecule has 5 rings (SSSR count). The third kappa shape index (κ3) is 3.88. The Kier molecular flexibility index (Phi) is 5.95. The summed E-state index contributed by atoms with van der Waals surface area (Å²) in [4.78, 5) is 41.7. The number of amides is 3. The van der Waals surface area contributed by atoms with Gasteiger partial charge in [0.2, 0.25) is 5.91 Å². The molecule has 0 radical (unpaired) electrons. The van der Waals surface area contributed by atoms with Gasteiger partial charge in [0.15, 0.2) is 5.69 Å². The van der Waals surface area contributed by atoms with E-state index < -0.39 is 11.7 Å². The molecule has 36 heavy (non-hydrogen) atoms. The molecule has 1 fully saturated rings. The van der Waals surface area contributed by atoms with Crippen LogP contribution in [0.4, 0.5) is 15.8 Å². The number of primary amides is 1. The summed E-state index contributed by atoms with van der Waals surface area (Å²) in [6, 6.07) is 9.45. The van der Waals surface area contributed by atoms with E-state index in [4.69, 9.17) is 10.5 Å². The highest BCUT2D eigenvalue weighted by molar-refractivity contribution is 6.10. The molecule has 0 atom stereocenters. The molecule has 0 bridgehead atoms. The number of hydrogen-bond acceptors (Lipinski definition) is 5. The van der Waals surface area contributed by atoms with Crippen molar-refractivity contribution >= 4 is 29.1 Å². The summed E-state index contributed by atoms with van der Waals surface area (Å²) >= 11 is 0. The molecule has 2 aliphatic heterocycles. The van der Waals surface area contributed by atoms with Crippen molar-refractivity contribution in [3.8, 4) is 11.4 Å². The molecule has 3 heterocycles. The fourth-order valence-electron chi connectivity index (χ4n) is 4.95. The van der Waals surface area contributed by atoms with Crippen LogP contribution in [0.15, 0.2) is 36.4 Å². The number of fused-ring (bicyclic) bond motifs is 1. The van der Waals surface area contributed by atoms with Crippen molar-refractivity contribution in [3.05, 3.63) is 64.7 Å². The van der Waals surface area contributed by atoms with Crippen molar-refractivity contribution < 1.29 is 23.5 Å². The van der Waals surface area contributed by atoms with Crippen LogP contribution in [0.1, 0.15) is 51.4 Å². The minimum absolute atomic E-state index is 0.0210. The molecule has 9 nitrogen and oxygen atoms in total. The van der Waals surface area contributed by atoms with E-state index >= 15 is 0 Å². The van der Waals surface area contributed by atoms with Gasteiger partial charge in [0.25, 0.3) is 11.8 Å². The van der Waals surface area contributed by atoms with E-state index in [9.17, 15) is 18.8 Å². The number of methoxy groups -OCH3 is 1. The third-order valence-corrected chi connectivity index (χ3v) is 6.73. The third-order valence-electron chi connectivity index (χ3n) is 6.73. The SMILES string of the molecule is COc1cc(N2CCCCC2=O)ccc1N1CCc2c(C(N)=O)nn(-c3ccc(F)cc3C)c2C1=O. The number of halogens is 1. The van der Waals surface area contributed by atoms with E-state index in [1.54, 1.807) is 34.9 Å². The Bertz CT molecular complexity index is 1400. The van der Waals surface area contributed by atoms with Gasteiger partial charge >= 0.3 is 0 Å². The first-order valence-corrected chi connectivity index (χ1v) is 11.8. The van der Waals surface area contributed by atoms with Crippen LogP contribution >= 0.6 is 0 Å². The van der Waals surface area contributed by atoms with Gasteiger partial charge in [0, 0.05) is 36.8 Å². The van der Waals surface area contributed by atoms with E-state index in [0.717, 1.165) is 12.8 Å². The maximum Gasteiger partial charge on any atom is 0.277 e. The first-order chi connectivity index (χ1) is 17.3. The molecule has 3 aromatic rings. The molecule has 2 aromatic carbocycles. The zero-order valence-electron chi connectivity index (χ0n) is 20.1. The summed E-state index contributed by atoms with van der Waals surface area (Å²) < 4.78 is 20.7. The first-order valence-electron chi connectivity index (χ1n) is 11.8. The molecular formula is C26H26FN5O4. The van der Waals surface area contributed by atoms with Crippen molar-refractivity contribution in [1.29, 1.82) is 0 Å². The molecule has 0 aliphatic carbocycles. The maximum absolute atomic E-state index is 13.9. The van der Waals surface area contributed by atoms with Gasteiger partial charge in [-0.15, -0.1) is 0 Å². The second kappa shape index (κ2) is 9.10. The second-order valence-electron chi connectivity index (χ2n) is 8.95. The van der Waals surface area contributed by atoms with Crippen LogP contribution in [0.5, 0.6) is 5.75 Å². The zero-order chi connectivity index (χ0) is 25.6. The maximum atomic E-state index is 13.9. The Labute approximate surface area is 207 Å². The molecule has 0 unspecified atom stereocenters. The smallest absolute Gasteiger partial charge is 0.277 e. The summed E-state index contributed by atoms with van der Waals surface area (Å²) in [6.07, 6.45) is 2.66. The number of aryl methyl sites for hydroxylation is 1. The highest BCUT2D eigenvalue weighted by atomic mass is 19.1. The second-order valence-corrected chi connectivity index (χ2v) is 8.95. The summed E-state index contributed by atoms with van der Waals surface area (Å²) in [6.45, 7) is 2.61. The molecular weight excluding hydrogens is 465 g/mol. The predicted octanol–water partition coefficient (Wildman–Crippen LogP) is 3.15. The fraction of sp³-hybridized carbons (Fsp3) is 0.308. The topological polar surface area (TPSA) is 111 Å². The lowest BCUT2D eigenvalue weighted by atomic mass is 10.0. The van der Waals surface area contributed by atoms with Crippen molar-refractivity contribution in [2.45, 2.75) is 32.6 Å². The summed E-state index contributed by atoms with van der Waals surface area (Å²) in [7, 11) is 1.51. The summed E-state index contributed by atoms with van der Waals surface area (Å²) in [5, 5.41) is 4.35. The number of carbonyl (C=O) groups is 3. The molecule has 186 valence electrons. The average Bonchev–Trinajstić information content (AvgIpc) is 3.25. The van der Waals surface area contributed by atoms with E-state index in [1.165, 1.54) is 30.0 Å². The highest BCUT2D eigenvalue weighted by Gasteiger charge is 2.36. The fourth-order valence-corrected chi connectivity index (χ4v) is 4.95. The molecule has 0 saturated carbocycles. The molecule has 3 amide bonds. The van der Waals surface area contributed by atoms with Gasteiger partial charge < -0.3 is 20.3 Å². The largest absolute Gasteiger partial charge is 0.494 e. The van der Waals surface area contributed by atoms with Gasteiger partial charge in [-0.05, 0) is 62.1 Å². The average molecular weight is 492 g/mol. The molecule has 1 saturated heterocycles. The number of carbonyl (C=O) groups excluding carboxylic acids is 3.